The van der Waals surface area contributed by atoms with Crippen molar-refractivity contribution in [3.63, 3.8) is 0 Å². The molecule has 1 aromatic heterocycles. The van der Waals surface area contributed by atoms with Gasteiger partial charge in [0.15, 0.2) is 9.84 Å². The van der Waals surface area contributed by atoms with Crippen molar-refractivity contribution >= 4 is 38.7 Å². The second-order valence-corrected chi connectivity index (χ2v) is 9.30. The van der Waals surface area contributed by atoms with Crippen LogP contribution in [0, 0.1) is 0 Å². The molecule has 0 spiro atoms. The number of nitrogens with one attached hydrogen (secondary N) is 1. The van der Waals surface area contributed by atoms with Gasteiger partial charge >= 0.3 is 0 Å². The largest absolute Gasteiger partial charge is 0.368 e. The van der Waals surface area contributed by atoms with Crippen molar-refractivity contribution < 1.29 is 17.9 Å². The van der Waals surface area contributed by atoms with Gasteiger partial charge in [-0.2, -0.15) is 0 Å². The fourth-order valence-electron chi connectivity index (χ4n) is 2.72. The Hall–Kier alpha value is -1.41. The van der Waals surface area contributed by atoms with E-state index in [0.717, 1.165) is 6.42 Å². The molecule has 8 heteroatoms. The summed E-state index contributed by atoms with van der Waals surface area (Å²) in [4.78, 5) is 13.0. The van der Waals surface area contributed by atoms with Crippen molar-refractivity contribution in [3.8, 4) is 0 Å². The van der Waals surface area contributed by atoms with E-state index >= 15 is 0 Å². The minimum Gasteiger partial charge on any atom is -0.368 e. The van der Waals surface area contributed by atoms with Gasteiger partial charge in [0, 0.05) is 23.1 Å². The Bertz CT molecular complexity index is 813. The van der Waals surface area contributed by atoms with E-state index in [1.54, 1.807) is 24.3 Å². The smallest absolute Gasteiger partial charge is 0.249 e. The van der Waals surface area contributed by atoms with Crippen LogP contribution in [0.15, 0.2) is 46.7 Å². The standard InChI is InChI=1S/C17H18ClNO4S2/c18-12-5-7-13(8-6-12)25(21,22)16(15-4-2-10-24-15)11-19-17(20)14-3-1-9-23-14/h2,4-8,10,14,16H,1,3,9,11H2,(H,19,20). The van der Waals surface area contributed by atoms with E-state index in [9.17, 15) is 13.2 Å². The first-order chi connectivity index (χ1) is 12.0. The minimum absolute atomic E-state index is 0.00413. The van der Waals surface area contributed by atoms with Crippen molar-refractivity contribution in [1.29, 1.82) is 0 Å². The maximum absolute atomic E-state index is 13.1. The molecule has 1 aromatic carbocycles. The zero-order valence-corrected chi connectivity index (χ0v) is 15.7. The van der Waals surface area contributed by atoms with Gasteiger partial charge < -0.3 is 10.1 Å². The summed E-state index contributed by atoms with van der Waals surface area (Å²) in [6, 6.07) is 9.63. The molecule has 2 heterocycles. The monoisotopic (exact) mass is 399 g/mol. The van der Waals surface area contributed by atoms with Crippen LogP contribution in [0.2, 0.25) is 5.02 Å². The Balaban J connectivity index is 1.82. The molecule has 0 radical (unpaired) electrons. The van der Waals surface area contributed by atoms with Crippen LogP contribution in [0.4, 0.5) is 0 Å². The molecule has 1 N–H and O–H groups in total. The van der Waals surface area contributed by atoms with Crippen molar-refractivity contribution in [1.82, 2.24) is 5.32 Å². The van der Waals surface area contributed by atoms with Crippen molar-refractivity contribution in [2.75, 3.05) is 13.2 Å². The number of hydrogen-bond donors (Lipinski definition) is 1. The molecule has 1 saturated heterocycles. The number of ether oxygens (including phenoxy) is 1. The summed E-state index contributed by atoms with van der Waals surface area (Å²) in [5.74, 6) is -0.259. The first kappa shape index (κ1) is 18.4. The second kappa shape index (κ2) is 7.86. The fraction of sp³-hybridized carbons (Fsp3) is 0.353. The van der Waals surface area contributed by atoms with Crippen molar-refractivity contribution in [2.24, 2.45) is 0 Å². The number of thiophene rings is 1. The van der Waals surface area contributed by atoms with Gasteiger partial charge in [0.1, 0.15) is 11.4 Å². The molecule has 2 unspecified atom stereocenters. The zero-order chi connectivity index (χ0) is 17.9. The quantitative estimate of drug-likeness (QED) is 0.809. The molecule has 0 saturated carbocycles. The van der Waals surface area contributed by atoms with E-state index in [2.05, 4.69) is 5.32 Å². The Labute approximate surface area is 155 Å². The maximum Gasteiger partial charge on any atom is 0.249 e. The van der Waals surface area contributed by atoms with Crippen LogP contribution < -0.4 is 5.32 Å². The Kier molecular flexibility index (Phi) is 5.78. The lowest BCUT2D eigenvalue weighted by molar-refractivity contribution is -0.130. The third-order valence-electron chi connectivity index (χ3n) is 4.06. The average molecular weight is 400 g/mol. The maximum atomic E-state index is 13.1. The highest BCUT2D eigenvalue weighted by Crippen LogP contribution is 2.32. The Morgan fingerprint density at radius 3 is 2.68 bits per heavy atom. The number of hydrogen-bond acceptors (Lipinski definition) is 5. The average Bonchev–Trinajstić information content (AvgIpc) is 3.29. The fourth-order valence-corrected chi connectivity index (χ4v) is 5.63. The van der Waals surface area contributed by atoms with Crippen molar-refractivity contribution in [3.05, 3.63) is 51.7 Å². The molecule has 5 nitrogen and oxygen atoms in total. The molecule has 1 aliphatic rings. The Morgan fingerprint density at radius 2 is 2.08 bits per heavy atom. The van der Waals surface area contributed by atoms with E-state index in [1.165, 1.54) is 23.5 Å². The van der Waals surface area contributed by atoms with Crippen LogP contribution in [0.1, 0.15) is 23.0 Å². The van der Waals surface area contributed by atoms with Crippen LogP contribution in [0.5, 0.6) is 0 Å². The number of halogens is 1. The van der Waals surface area contributed by atoms with Gasteiger partial charge in [-0.1, -0.05) is 17.7 Å². The molecule has 2 aromatic rings. The van der Waals surface area contributed by atoms with E-state index in [-0.39, 0.29) is 17.3 Å². The predicted molar refractivity (Wildman–Crippen MR) is 97.7 cm³/mol. The highest BCUT2D eigenvalue weighted by molar-refractivity contribution is 7.91. The van der Waals surface area contributed by atoms with Crippen LogP contribution in [-0.4, -0.2) is 33.6 Å². The van der Waals surface area contributed by atoms with Gasteiger partial charge in [0.25, 0.3) is 0 Å². The highest BCUT2D eigenvalue weighted by Gasteiger charge is 2.32. The molecular formula is C17H18ClNO4S2. The molecule has 134 valence electrons. The lowest BCUT2D eigenvalue weighted by atomic mass is 10.2. The molecule has 25 heavy (non-hydrogen) atoms. The van der Waals surface area contributed by atoms with Gasteiger partial charge in [0.2, 0.25) is 5.91 Å². The van der Waals surface area contributed by atoms with Gasteiger partial charge in [-0.15, -0.1) is 11.3 Å². The van der Waals surface area contributed by atoms with Gasteiger partial charge in [-0.25, -0.2) is 8.42 Å². The second-order valence-electron chi connectivity index (χ2n) is 5.75. The molecule has 1 aliphatic heterocycles. The van der Waals surface area contributed by atoms with E-state index in [1.807, 2.05) is 5.38 Å². The number of amides is 1. The SMILES string of the molecule is O=C(NCC(c1cccs1)S(=O)(=O)c1ccc(Cl)cc1)C1CCCO1. The van der Waals surface area contributed by atoms with Gasteiger partial charge in [-0.05, 0) is 48.6 Å². The molecule has 1 amide bonds. The number of sulfone groups is 1. The molecular weight excluding hydrogens is 382 g/mol. The predicted octanol–water partition coefficient (Wildman–Crippen LogP) is 3.21. The van der Waals surface area contributed by atoms with E-state index in [0.29, 0.717) is 22.9 Å². The molecule has 0 bridgehead atoms. The number of benzene rings is 1. The summed E-state index contributed by atoms with van der Waals surface area (Å²) in [7, 11) is -3.66. The number of rotatable bonds is 6. The summed E-state index contributed by atoms with van der Waals surface area (Å²) in [6.45, 7) is 0.569. The third-order valence-corrected chi connectivity index (χ3v) is 7.55. The first-order valence-corrected chi connectivity index (χ1v) is 10.7. The Morgan fingerprint density at radius 1 is 1.32 bits per heavy atom. The topological polar surface area (TPSA) is 72.5 Å². The normalized spacial score (nSPS) is 18.8. The lowest BCUT2D eigenvalue weighted by Gasteiger charge is -2.18. The summed E-state index contributed by atoms with van der Waals surface area (Å²) in [5.41, 5.74) is 0. The van der Waals surface area contributed by atoms with Crippen molar-refractivity contribution in [2.45, 2.75) is 29.1 Å². The third kappa shape index (κ3) is 4.23. The van der Waals surface area contributed by atoms with E-state index < -0.39 is 21.2 Å². The molecule has 2 atom stereocenters. The summed E-state index contributed by atoms with van der Waals surface area (Å²) < 4.78 is 31.5. The van der Waals surface area contributed by atoms with Gasteiger partial charge in [-0.3, -0.25) is 4.79 Å². The highest BCUT2D eigenvalue weighted by atomic mass is 35.5. The summed E-state index contributed by atoms with van der Waals surface area (Å²) in [6.07, 6.45) is 1.02. The van der Waals surface area contributed by atoms with Crippen LogP contribution in [0.3, 0.4) is 0 Å². The van der Waals surface area contributed by atoms with Crippen LogP contribution in [-0.2, 0) is 19.4 Å². The number of carbonyl (C=O) groups excluding carboxylic acids is 1. The minimum atomic E-state index is -3.66. The molecule has 3 rings (SSSR count). The van der Waals surface area contributed by atoms with Gasteiger partial charge in [0.05, 0.1) is 4.90 Å². The van der Waals surface area contributed by atoms with E-state index in [4.69, 9.17) is 16.3 Å². The molecule has 1 fully saturated rings. The first-order valence-electron chi connectivity index (χ1n) is 7.90. The number of carbonyl (C=O) groups is 1. The summed E-state index contributed by atoms with van der Waals surface area (Å²) >= 11 is 7.20. The van der Waals surface area contributed by atoms with Crippen LogP contribution >= 0.6 is 22.9 Å². The summed E-state index contributed by atoms with van der Waals surface area (Å²) in [5, 5.41) is 4.18. The molecule has 0 aliphatic carbocycles. The lowest BCUT2D eigenvalue weighted by Crippen LogP contribution is -2.38. The van der Waals surface area contributed by atoms with Crippen LogP contribution in [0.25, 0.3) is 0 Å². The zero-order valence-electron chi connectivity index (χ0n) is 13.4.